The molecule has 0 aliphatic carbocycles. The number of sulfone groups is 1. The summed E-state index contributed by atoms with van der Waals surface area (Å²) in [5, 5.41) is 0. The molecule has 5 nitrogen and oxygen atoms in total. The molecule has 2 N–H and O–H groups in total. The maximum atomic E-state index is 12.3. The summed E-state index contributed by atoms with van der Waals surface area (Å²) in [7, 11) is -2.90. The van der Waals surface area contributed by atoms with Gasteiger partial charge in [-0.15, -0.1) is 0 Å². The molecule has 2 heterocycles. The van der Waals surface area contributed by atoms with Crippen LogP contribution in [0.25, 0.3) is 0 Å². The summed E-state index contributed by atoms with van der Waals surface area (Å²) >= 11 is 0. The van der Waals surface area contributed by atoms with E-state index >= 15 is 0 Å². The topological polar surface area (TPSA) is 80.5 Å². The first-order valence-corrected chi connectivity index (χ1v) is 8.93. The van der Waals surface area contributed by atoms with Crippen LogP contribution in [0.2, 0.25) is 0 Å². The zero-order valence-corrected chi connectivity index (χ0v) is 12.4. The predicted octanol–water partition coefficient (Wildman–Crippen LogP) is 0.397. The first-order valence-electron chi connectivity index (χ1n) is 7.11. The molecule has 0 spiro atoms. The van der Waals surface area contributed by atoms with Crippen LogP contribution in [0.3, 0.4) is 0 Å². The summed E-state index contributed by atoms with van der Waals surface area (Å²) in [6.45, 7) is 3.45. The third-order valence-electron chi connectivity index (χ3n) is 4.36. The molecule has 0 aromatic carbocycles. The van der Waals surface area contributed by atoms with Crippen molar-refractivity contribution < 1.29 is 13.2 Å². The quantitative estimate of drug-likeness (QED) is 0.815. The lowest BCUT2D eigenvalue weighted by atomic mass is 9.91. The molecule has 0 aromatic rings. The van der Waals surface area contributed by atoms with Gasteiger partial charge in [-0.3, -0.25) is 4.79 Å². The minimum atomic E-state index is -2.90. The van der Waals surface area contributed by atoms with Crippen LogP contribution in [-0.2, 0) is 14.6 Å². The molecule has 0 aromatic heterocycles. The van der Waals surface area contributed by atoms with Crippen molar-refractivity contribution in [2.75, 3.05) is 24.6 Å². The molecule has 0 bridgehead atoms. The lowest BCUT2D eigenvalue weighted by Crippen LogP contribution is -2.49. The molecule has 19 heavy (non-hydrogen) atoms. The molecule has 3 atom stereocenters. The standard InChI is InChI=1S/C13H24N2O3S/c1-10-2-4-15(12(6-10)8-14)13(16)7-11-3-5-19(17,18)9-11/h10-12H,2-9,14H2,1H3. The second-order valence-corrected chi connectivity index (χ2v) is 8.31. The summed E-state index contributed by atoms with van der Waals surface area (Å²) < 4.78 is 22.8. The van der Waals surface area contributed by atoms with Crippen molar-refractivity contribution in [1.82, 2.24) is 4.90 Å². The summed E-state index contributed by atoms with van der Waals surface area (Å²) in [4.78, 5) is 14.2. The fourth-order valence-corrected chi connectivity index (χ4v) is 5.06. The number of rotatable bonds is 3. The smallest absolute Gasteiger partial charge is 0.223 e. The van der Waals surface area contributed by atoms with E-state index in [1.54, 1.807) is 0 Å². The second kappa shape index (κ2) is 5.79. The number of piperidine rings is 1. The number of amides is 1. The SMILES string of the molecule is CC1CCN(C(=O)CC2CCS(=O)(=O)C2)C(CN)C1. The molecule has 2 rings (SSSR count). The normalized spacial score (nSPS) is 34.4. The minimum absolute atomic E-state index is 0.00951. The lowest BCUT2D eigenvalue weighted by Gasteiger charge is -2.38. The highest BCUT2D eigenvalue weighted by Gasteiger charge is 2.33. The van der Waals surface area contributed by atoms with Crippen molar-refractivity contribution in [3.05, 3.63) is 0 Å². The molecule has 2 saturated heterocycles. The van der Waals surface area contributed by atoms with Gasteiger partial charge in [0.15, 0.2) is 9.84 Å². The molecule has 110 valence electrons. The van der Waals surface area contributed by atoms with Gasteiger partial charge in [0.25, 0.3) is 0 Å². The van der Waals surface area contributed by atoms with Crippen LogP contribution in [0.15, 0.2) is 0 Å². The van der Waals surface area contributed by atoms with Crippen LogP contribution in [0.4, 0.5) is 0 Å². The Morgan fingerprint density at radius 1 is 1.37 bits per heavy atom. The number of hydrogen-bond donors (Lipinski definition) is 1. The van der Waals surface area contributed by atoms with Gasteiger partial charge < -0.3 is 10.6 Å². The van der Waals surface area contributed by atoms with Gasteiger partial charge >= 0.3 is 0 Å². The molecule has 2 aliphatic heterocycles. The third-order valence-corrected chi connectivity index (χ3v) is 6.20. The monoisotopic (exact) mass is 288 g/mol. The molecule has 2 aliphatic rings. The Balaban J connectivity index is 1.92. The van der Waals surface area contributed by atoms with Gasteiger partial charge in [0.2, 0.25) is 5.91 Å². The van der Waals surface area contributed by atoms with Crippen molar-refractivity contribution in [2.24, 2.45) is 17.6 Å². The van der Waals surface area contributed by atoms with Crippen LogP contribution in [0.1, 0.15) is 32.6 Å². The lowest BCUT2D eigenvalue weighted by molar-refractivity contribution is -0.136. The number of nitrogens with zero attached hydrogens (tertiary/aromatic N) is 1. The molecule has 0 saturated carbocycles. The Morgan fingerprint density at radius 3 is 2.68 bits per heavy atom. The zero-order chi connectivity index (χ0) is 14.0. The number of carbonyl (C=O) groups excluding carboxylic acids is 1. The molecule has 6 heteroatoms. The highest BCUT2D eigenvalue weighted by molar-refractivity contribution is 7.91. The van der Waals surface area contributed by atoms with E-state index in [0.29, 0.717) is 25.3 Å². The van der Waals surface area contributed by atoms with Crippen molar-refractivity contribution >= 4 is 15.7 Å². The molecule has 3 unspecified atom stereocenters. The zero-order valence-electron chi connectivity index (χ0n) is 11.5. The van der Waals surface area contributed by atoms with Crippen molar-refractivity contribution in [1.29, 1.82) is 0 Å². The largest absolute Gasteiger partial charge is 0.338 e. The van der Waals surface area contributed by atoms with Crippen LogP contribution in [0, 0.1) is 11.8 Å². The first kappa shape index (κ1) is 14.8. The Hall–Kier alpha value is -0.620. The van der Waals surface area contributed by atoms with Gasteiger partial charge in [-0.05, 0) is 31.1 Å². The minimum Gasteiger partial charge on any atom is -0.338 e. The van der Waals surface area contributed by atoms with E-state index < -0.39 is 9.84 Å². The first-order chi connectivity index (χ1) is 8.91. The van der Waals surface area contributed by atoms with Gasteiger partial charge in [-0.25, -0.2) is 8.42 Å². The molecule has 1 amide bonds. The van der Waals surface area contributed by atoms with Crippen LogP contribution >= 0.6 is 0 Å². The number of likely N-dealkylation sites (tertiary alicyclic amines) is 1. The van der Waals surface area contributed by atoms with Crippen molar-refractivity contribution in [3.8, 4) is 0 Å². The van der Waals surface area contributed by atoms with E-state index in [9.17, 15) is 13.2 Å². The van der Waals surface area contributed by atoms with Crippen molar-refractivity contribution in [3.63, 3.8) is 0 Å². The Morgan fingerprint density at radius 2 is 2.11 bits per heavy atom. The predicted molar refractivity (Wildman–Crippen MR) is 74.3 cm³/mol. The van der Waals surface area contributed by atoms with Gasteiger partial charge in [0, 0.05) is 25.6 Å². The molecule has 0 radical (unpaired) electrons. The Kier molecular flexibility index (Phi) is 4.50. The van der Waals surface area contributed by atoms with E-state index in [1.165, 1.54) is 0 Å². The fourth-order valence-electron chi connectivity index (χ4n) is 3.20. The molecular formula is C13H24N2O3S. The number of carbonyl (C=O) groups is 1. The summed E-state index contributed by atoms with van der Waals surface area (Å²) in [6, 6.07) is 0.134. The van der Waals surface area contributed by atoms with Gasteiger partial charge in [-0.1, -0.05) is 6.92 Å². The molecule has 2 fully saturated rings. The average Bonchev–Trinajstić information content (AvgIpc) is 2.68. The maximum absolute atomic E-state index is 12.3. The van der Waals surface area contributed by atoms with Crippen LogP contribution in [0.5, 0.6) is 0 Å². The van der Waals surface area contributed by atoms with Crippen LogP contribution < -0.4 is 5.73 Å². The number of hydrogen-bond acceptors (Lipinski definition) is 4. The summed E-state index contributed by atoms with van der Waals surface area (Å²) in [6.07, 6.45) is 2.98. The van der Waals surface area contributed by atoms with Gasteiger partial charge in [0.05, 0.1) is 11.5 Å². The van der Waals surface area contributed by atoms with E-state index in [-0.39, 0.29) is 29.4 Å². The maximum Gasteiger partial charge on any atom is 0.223 e. The third kappa shape index (κ3) is 3.69. The average molecular weight is 288 g/mol. The highest BCUT2D eigenvalue weighted by atomic mass is 32.2. The fraction of sp³-hybridized carbons (Fsp3) is 0.923. The van der Waals surface area contributed by atoms with E-state index in [4.69, 9.17) is 5.73 Å². The van der Waals surface area contributed by atoms with Gasteiger partial charge in [-0.2, -0.15) is 0 Å². The van der Waals surface area contributed by atoms with Crippen molar-refractivity contribution in [2.45, 2.75) is 38.6 Å². The summed E-state index contributed by atoms with van der Waals surface area (Å²) in [5.41, 5.74) is 5.76. The second-order valence-electron chi connectivity index (χ2n) is 6.08. The Bertz CT molecular complexity index is 435. The van der Waals surface area contributed by atoms with E-state index in [1.807, 2.05) is 4.90 Å². The van der Waals surface area contributed by atoms with Crippen LogP contribution in [-0.4, -0.2) is 49.9 Å². The van der Waals surface area contributed by atoms with Gasteiger partial charge in [0.1, 0.15) is 0 Å². The summed E-state index contributed by atoms with van der Waals surface area (Å²) in [5.74, 6) is 1.13. The van der Waals surface area contributed by atoms with E-state index in [2.05, 4.69) is 6.92 Å². The Labute approximate surface area is 115 Å². The highest BCUT2D eigenvalue weighted by Crippen LogP contribution is 2.26. The number of nitrogens with two attached hydrogens (primary N) is 1. The molecular weight excluding hydrogens is 264 g/mol. The van der Waals surface area contributed by atoms with E-state index in [0.717, 1.165) is 19.4 Å².